The summed E-state index contributed by atoms with van der Waals surface area (Å²) >= 11 is 0. The summed E-state index contributed by atoms with van der Waals surface area (Å²) in [6, 6.07) is 68.5. The molecule has 11 aromatic rings. The normalized spacial score (nSPS) is 13.9. The summed E-state index contributed by atoms with van der Waals surface area (Å²) < 4.78 is 11.4. The molecule has 63 heavy (non-hydrogen) atoms. The number of ether oxygens (including phenoxy) is 1. The zero-order chi connectivity index (χ0) is 42.2. The third-order valence-electron chi connectivity index (χ3n) is 12.3. The molecular formula is C55H42N6OSi. The van der Waals surface area contributed by atoms with Crippen molar-refractivity contribution in [3.8, 4) is 40.2 Å². The number of hydrogen-bond donors (Lipinski definition) is 0. The van der Waals surface area contributed by atoms with Gasteiger partial charge < -0.3 is 9.30 Å². The van der Waals surface area contributed by atoms with Gasteiger partial charge in [0, 0.05) is 49.6 Å². The van der Waals surface area contributed by atoms with Gasteiger partial charge >= 0.3 is 0 Å². The molecule has 8 aromatic carbocycles. The van der Waals surface area contributed by atoms with Crippen LogP contribution < -0.4 is 14.8 Å². The summed E-state index contributed by atoms with van der Waals surface area (Å²) in [5, 5.41) is 5.81. The van der Waals surface area contributed by atoms with E-state index in [2.05, 4.69) is 197 Å². The average molecular weight is 831 g/mol. The van der Waals surface area contributed by atoms with E-state index in [4.69, 9.17) is 19.7 Å². The van der Waals surface area contributed by atoms with Gasteiger partial charge in [0.2, 0.25) is 12.2 Å². The van der Waals surface area contributed by atoms with E-state index >= 15 is 0 Å². The number of nitrogens with zero attached hydrogens (tertiary/aromatic N) is 6. The summed E-state index contributed by atoms with van der Waals surface area (Å²) in [5.41, 5.74) is 10.5. The fraction of sp³-hybridized carbons (Fsp3) is 0.0727. The Labute approximate surface area is 366 Å². The lowest BCUT2D eigenvalue weighted by atomic mass is 10.1. The average Bonchev–Trinajstić information content (AvgIpc) is 3.98. The number of hydrogen-bond acceptors (Lipinski definition) is 5. The van der Waals surface area contributed by atoms with Crippen molar-refractivity contribution >= 4 is 68.2 Å². The molecule has 4 heterocycles. The highest BCUT2D eigenvalue weighted by Crippen LogP contribution is 2.49. The van der Waals surface area contributed by atoms with Crippen molar-refractivity contribution in [3.05, 3.63) is 200 Å². The summed E-state index contributed by atoms with van der Waals surface area (Å²) in [7, 11) is -1.81. The third kappa shape index (κ3) is 6.05. The number of rotatable bonds is 7. The van der Waals surface area contributed by atoms with Gasteiger partial charge in [-0.25, -0.2) is 4.98 Å². The van der Waals surface area contributed by atoms with Crippen LogP contribution in [0, 0.1) is 0 Å². The van der Waals surface area contributed by atoms with E-state index in [0.29, 0.717) is 17.6 Å². The Kier molecular flexibility index (Phi) is 8.45. The second-order valence-corrected chi connectivity index (χ2v) is 22.3. The molecule has 1 atom stereocenters. The molecule has 1 aliphatic rings. The first-order valence-corrected chi connectivity index (χ1v) is 25.0. The molecule has 8 heteroatoms. The molecule has 12 rings (SSSR count). The van der Waals surface area contributed by atoms with Crippen molar-refractivity contribution in [2.45, 2.75) is 25.9 Å². The molecule has 0 N–H and O–H groups in total. The van der Waals surface area contributed by atoms with Gasteiger partial charge in [-0.05, 0) is 65.9 Å². The van der Waals surface area contributed by atoms with Gasteiger partial charge in [-0.2, -0.15) is 9.97 Å². The molecule has 0 aliphatic carbocycles. The molecule has 0 amide bonds. The Bertz CT molecular complexity index is 3540. The molecule has 1 unspecified atom stereocenters. The maximum Gasteiger partial charge on any atom is 0.238 e. The number of fused-ring (bicyclic) bond motifs is 7. The van der Waals surface area contributed by atoms with E-state index < -0.39 is 8.07 Å². The lowest BCUT2D eigenvalue weighted by Crippen LogP contribution is -2.39. The van der Waals surface area contributed by atoms with Gasteiger partial charge in [0.15, 0.2) is 11.6 Å². The predicted molar refractivity (Wildman–Crippen MR) is 261 cm³/mol. The van der Waals surface area contributed by atoms with Gasteiger partial charge in [0.1, 0.15) is 5.75 Å². The monoisotopic (exact) mass is 830 g/mol. The number of anilines is 2. The van der Waals surface area contributed by atoms with Crippen LogP contribution in [0.2, 0.25) is 19.6 Å². The minimum absolute atomic E-state index is 0.340. The summed E-state index contributed by atoms with van der Waals surface area (Å²) in [5.74, 6) is 2.72. The Morgan fingerprint density at radius 3 is 1.86 bits per heavy atom. The number of para-hydroxylation sites is 4. The van der Waals surface area contributed by atoms with Crippen molar-refractivity contribution < 1.29 is 4.74 Å². The van der Waals surface area contributed by atoms with E-state index in [9.17, 15) is 0 Å². The zero-order valence-corrected chi connectivity index (χ0v) is 36.1. The summed E-state index contributed by atoms with van der Waals surface area (Å²) in [6.07, 6.45) is -0.340. The quantitative estimate of drug-likeness (QED) is 0.150. The Morgan fingerprint density at radius 1 is 0.460 bits per heavy atom. The maximum atomic E-state index is 6.73. The molecule has 0 bridgehead atoms. The summed E-state index contributed by atoms with van der Waals surface area (Å²) in [4.78, 5) is 18.4. The molecule has 0 radical (unpaired) electrons. The first kappa shape index (κ1) is 37.0. The molecule has 3 aromatic heterocycles. The minimum atomic E-state index is -1.81. The van der Waals surface area contributed by atoms with Crippen LogP contribution in [-0.2, 0) is 0 Å². The van der Waals surface area contributed by atoms with Crippen LogP contribution in [0.3, 0.4) is 0 Å². The van der Waals surface area contributed by atoms with E-state index in [1.165, 1.54) is 10.6 Å². The molecule has 0 fully saturated rings. The lowest BCUT2D eigenvalue weighted by Gasteiger charge is -2.26. The van der Waals surface area contributed by atoms with Crippen LogP contribution in [0.25, 0.3) is 78.0 Å². The molecule has 0 spiro atoms. The highest BCUT2D eigenvalue weighted by molar-refractivity contribution is 6.89. The van der Waals surface area contributed by atoms with Crippen molar-refractivity contribution in [3.63, 3.8) is 0 Å². The highest BCUT2D eigenvalue weighted by atomic mass is 28.3. The van der Waals surface area contributed by atoms with Crippen LogP contribution in [0.4, 0.5) is 11.4 Å². The Hall–Kier alpha value is -7.81. The zero-order valence-electron chi connectivity index (χ0n) is 35.1. The maximum absolute atomic E-state index is 6.73. The van der Waals surface area contributed by atoms with Crippen LogP contribution >= 0.6 is 0 Å². The fourth-order valence-electron chi connectivity index (χ4n) is 9.49. The van der Waals surface area contributed by atoms with E-state index in [1.807, 2.05) is 30.3 Å². The minimum Gasteiger partial charge on any atom is -0.464 e. The Morgan fingerprint density at radius 2 is 1.06 bits per heavy atom. The first-order valence-electron chi connectivity index (χ1n) is 21.5. The molecule has 0 saturated heterocycles. The largest absolute Gasteiger partial charge is 0.464 e. The van der Waals surface area contributed by atoms with Crippen LogP contribution in [0.5, 0.6) is 5.75 Å². The van der Waals surface area contributed by atoms with Gasteiger partial charge in [-0.3, -0.25) is 9.47 Å². The molecule has 0 saturated carbocycles. The van der Waals surface area contributed by atoms with E-state index in [0.717, 1.165) is 77.7 Å². The van der Waals surface area contributed by atoms with Crippen LogP contribution in [-0.4, -0.2) is 32.2 Å². The fourth-order valence-corrected chi connectivity index (χ4v) is 11.1. The predicted octanol–water partition coefficient (Wildman–Crippen LogP) is 13.2. The molecule has 1 aliphatic heterocycles. The van der Waals surface area contributed by atoms with Crippen molar-refractivity contribution in [2.75, 3.05) is 4.90 Å². The SMILES string of the molecule is C[Si](C)(C)c1ccccc1-c1nc(-c2ccccc2)nc(-n2c3ccc(N4c5ccccc5OC4c4ccccc4)cc3c3cc4c(cc32)c2ccccc2n4-c2ccccc2)n1. The number of benzene rings is 8. The van der Waals surface area contributed by atoms with Gasteiger partial charge in [-0.15, -0.1) is 0 Å². The van der Waals surface area contributed by atoms with Crippen molar-refractivity contribution in [1.82, 2.24) is 24.1 Å². The van der Waals surface area contributed by atoms with Gasteiger partial charge in [0.05, 0.1) is 35.8 Å². The smallest absolute Gasteiger partial charge is 0.238 e. The van der Waals surface area contributed by atoms with Gasteiger partial charge in [-0.1, -0.05) is 153 Å². The summed E-state index contributed by atoms with van der Waals surface area (Å²) in [6.45, 7) is 7.12. The second kappa shape index (κ2) is 14.4. The van der Waals surface area contributed by atoms with Gasteiger partial charge in [0.25, 0.3) is 0 Å². The highest BCUT2D eigenvalue weighted by Gasteiger charge is 2.34. The van der Waals surface area contributed by atoms with E-state index in [-0.39, 0.29) is 6.23 Å². The van der Waals surface area contributed by atoms with E-state index in [1.54, 1.807) is 0 Å². The first-order chi connectivity index (χ1) is 30.9. The van der Waals surface area contributed by atoms with Crippen LogP contribution in [0.1, 0.15) is 11.8 Å². The molecule has 7 nitrogen and oxygen atoms in total. The van der Waals surface area contributed by atoms with Crippen molar-refractivity contribution in [2.24, 2.45) is 0 Å². The molecular weight excluding hydrogens is 789 g/mol. The second-order valence-electron chi connectivity index (χ2n) is 17.3. The topological polar surface area (TPSA) is 61.0 Å². The van der Waals surface area contributed by atoms with Crippen molar-refractivity contribution in [1.29, 1.82) is 0 Å². The number of aromatic nitrogens is 5. The molecule has 302 valence electrons. The Balaban J connectivity index is 1.18. The lowest BCUT2D eigenvalue weighted by molar-refractivity contribution is 0.240. The van der Waals surface area contributed by atoms with Crippen LogP contribution in [0.15, 0.2) is 194 Å². The standard InChI is InChI=1S/C55H42N6OSi/c1-63(2,3)51-30-18-14-26-41(51)53-56-52(36-19-7-4-8-20-36)57-55(58-53)61-46-32-31-39(60-47-28-16-17-29-50(47)62-54(60)37-21-9-5-10-22-37)33-42(46)44-35-48-43(34-49(44)61)40-25-13-15-27-45(40)59(48)38-23-11-6-12-24-38/h4-35,54H,1-3H3. The third-order valence-corrected chi connectivity index (χ3v) is 14.4.